The number of carbonyl (C=O) groups excluding carboxylic acids is 1. The molecule has 1 spiro atoms. The first-order valence-electron chi connectivity index (χ1n) is 5.26. The Labute approximate surface area is 83.4 Å². The minimum absolute atomic E-state index is 0.0359. The lowest BCUT2D eigenvalue weighted by Crippen LogP contribution is -2.58. The number of fused-ring (bicyclic) bond motifs is 1. The van der Waals surface area contributed by atoms with E-state index in [1.807, 2.05) is 0 Å². The summed E-state index contributed by atoms with van der Waals surface area (Å²) in [5.41, 5.74) is -0.104. The molecule has 2 saturated carbocycles. The van der Waals surface area contributed by atoms with Crippen LogP contribution >= 0.6 is 0 Å². The van der Waals surface area contributed by atoms with Crippen LogP contribution in [0.3, 0.4) is 0 Å². The van der Waals surface area contributed by atoms with E-state index >= 15 is 0 Å². The van der Waals surface area contributed by atoms with Crippen LogP contribution in [0.1, 0.15) is 33.1 Å². The van der Waals surface area contributed by atoms with E-state index in [0.29, 0.717) is 5.92 Å². The van der Waals surface area contributed by atoms with E-state index in [-0.39, 0.29) is 23.2 Å². The third kappa shape index (κ3) is 0.601. The van der Waals surface area contributed by atoms with E-state index < -0.39 is 0 Å². The molecule has 3 atom stereocenters. The largest absolute Gasteiger partial charge is 0.443 e. The monoisotopic (exact) mass is 196 g/mol. The van der Waals surface area contributed by atoms with Crippen molar-refractivity contribution in [2.24, 2.45) is 17.2 Å². The first-order valence-corrected chi connectivity index (χ1v) is 5.26. The van der Waals surface area contributed by atoms with Crippen LogP contribution in [0.5, 0.6) is 0 Å². The Balaban J connectivity index is 2.13. The minimum Gasteiger partial charge on any atom is -0.443 e. The van der Waals surface area contributed by atoms with Crippen molar-refractivity contribution in [1.29, 1.82) is 0 Å². The topological polar surface area (TPSA) is 55.6 Å². The fourth-order valence-electron chi connectivity index (χ4n) is 3.95. The van der Waals surface area contributed by atoms with Gasteiger partial charge in [-0.15, -0.1) is 0 Å². The Hall–Kier alpha value is -0.770. The number of carbonyl (C=O) groups is 1. The Bertz CT molecular complexity index is 315. The zero-order valence-corrected chi connectivity index (χ0v) is 8.62. The average Bonchev–Trinajstić information content (AvgIpc) is 2.60. The van der Waals surface area contributed by atoms with Gasteiger partial charge in [0.2, 0.25) is 0 Å². The van der Waals surface area contributed by atoms with E-state index in [1.165, 1.54) is 11.4 Å². The molecule has 0 radical (unpaired) electrons. The molecule has 14 heavy (non-hydrogen) atoms. The molecular formula is C10H16N2O2. The summed E-state index contributed by atoms with van der Waals surface area (Å²) in [5, 5.41) is 1.37. The van der Waals surface area contributed by atoms with Gasteiger partial charge in [0.1, 0.15) is 11.6 Å². The van der Waals surface area contributed by atoms with E-state index in [1.54, 1.807) is 0 Å². The molecule has 3 fully saturated rings. The summed E-state index contributed by atoms with van der Waals surface area (Å²) >= 11 is 0. The molecule has 4 nitrogen and oxygen atoms in total. The quantitative estimate of drug-likeness (QED) is 0.468. The molecule has 0 aromatic heterocycles. The van der Waals surface area contributed by atoms with Gasteiger partial charge in [0.05, 0.1) is 0 Å². The number of nitrogens with two attached hydrogens (primary N) is 1. The molecule has 1 heterocycles. The molecule has 2 bridgehead atoms. The fraction of sp³-hybridized carbons (Fsp3) is 0.900. The van der Waals surface area contributed by atoms with Crippen LogP contribution in [0.4, 0.5) is 4.79 Å². The van der Waals surface area contributed by atoms with Crippen LogP contribution in [0, 0.1) is 11.3 Å². The normalized spacial score (nSPS) is 48.2. The van der Waals surface area contributed by atoms with Crippen LogP contribution in [-0.2, 0) is 4.74 Å². The van der Waals surface area contributed by atoms with Gasteiger partial charge >= 0.3 is 6.09 Å². The van der Waals surface area contributed by atoms with Gasteiger partial charge in [-0.2, -0.15) is 0 Å². The second kappa shape index (κ2) is 2.08. The van der Waals surface area contributed by atoms with Gasteiger partial charge in [0.25, 0.3) is 0 Å². The van der Waals surface area contributed by atoms with Gasteiger partial charge in [0, 0.05) is 0 Å². The van der Waals surface area contributed by atoms with Gasteiger partial charge in [-0.1, -0.05) is 13.8 Å². The van der Waals surface area contributed by atoms with E-state index in [4.69, 9.17) is 10.6 Å². The first-order chi connectivity index (χ1) is 6.50. The lowest BCUT2D eigenvalue weighted by atomic mass is 9.75. The highest BCUT2D eigenvalue weighted by Crippen LogP contribution is 2.64. The molecular weight excluding hydrogens is 180 g/mol. The number of rotatable bonds is 0. The molecule has 0 aromatic rings. The number of hydrazine groups is 1. The number of nitrogens with zero attached hydrogens (tertiary/aromatic N) is 1. The summed E-state index contributed by atoms with van der Waals surface area (Å²) in [4.78, 5) is 11.4. The van der Waals surface area contributed by atoms with E-state index in [0.717, 1.165) is 12.8 Å². The average molecular weight is 196 g/mol. The third-order valence-corrected chi connectivity index (χ3v) is 4.91. The van der Waals surface area contributed by atoms with E-state index in [2.05, 4.69) is 13.8 Å². The maximum atomic E-state index is 11.4. The van der Waals surface area contributed by atoms with Crippen LogP contribution in [0.25, 0.3) is 0 Å². The lowest BCUT2D eigenvalue weighted by Gasteiger charge is -2.39. The molecule has 78 valence electrons. The highest BCUT2D eigenvalue weighted by Gasteiger charge is 2.72. The van der Waals surface area contributed by atoms with Crippen molar-refractivity contribution in [3.05, 3.63) is 0 Å². The standard InChI is InChI=1S/C10H16N2O2/c1-9(2)6-3-4-10(9)7(5-6)14-8(13)12(10)11/h6-7H,3-5,11H2,1-2H3. The summed E-state index contributed by atoms with van der Waals surface area (Å²) < 4.78 is 5.32. The number of amides is 1. The minimum atomic E-state index is -0.344. The van der Waals surface area contributed by atoms with Crippen molar-refractivity contribution in [2.45, 2.75) is 44.8 Å². The molecule has 4 heteroatoms. The van der Waals surface area contributed by atoms with Crippen LogP contribution in [0.15, 0.2) is 0 Å². The van der Waals surface area contributed by atoms with Crippen molar-refractivity contribution in [3.8, 4) is 0 Å². The second-order valence-corrected chi connectivity index (χ2v) is 5.36. The van der Waals surface area contributed by atoms with Gasteiger partial charge < -0.3 is 4.74 Å². The van der Waals surface area contributed by atoms with E-state index in [9.17, 15) is 4.79 Å². The Morgan fingerprint density at radius 1 is 1.57 bits per heavy atom. The molecule has 2 aliphatic carbocycles. The lowest BCUT2D eigenvalue weighted by molar-refractivity contribution is 0.0554. The summed E-state index contributed by atoms with van der Waals surface area (Å²) in [7, 11) is 0. The summed E-state index contributed by atoms with van der Waals surface area (Å²) in [6.45, 7) is 4.43. The third-order valence-electron chi connectivity index (χ3n) is 4.91. The molecule has 1 saturated heterocycles. The first kappa shape index (κ1) is 8.53. The van der Waals surface area contributed by atoms with Crippen LogP contribution in [-0.4, -0.2) is 22.7 Å². The Morgan fingerprint density at radius 2 is 2.29 bits per heavy atom. The summed E-state index contributed by atoms with van der Waals surface area (Å²) in [6.07, 6.45) is 2.86. The van der Waals surface area contributed by atoms with Crippen molar-refractivity contribution in [3.63, 3.8) is 0 Å². The smallest absolute Gasteiger partial charge is 0.425 e. The van der Waals surface area contributed by atoms with Crippen molar-refractivity contribution in [2.75, 3.05) is 0 Å². The summed E-state index contributed by atoms with van der Waals surface area (Å²) in [5.74, 6) is 6.53. The van der Waals surface area contributed by atoms with Crippen LogP contribution in [0.2, 0.25) is 0 Å². The van der Waals surface area contributed by atoms with Crippen molar-refractivity contribution in [1.82, 2.24) is 5.01 Å². The maximum absolute atomic E-state index is 11.4. The predicted octanol–water partition coefficient (Wildman–Crippen LogP) is 1.26. The van der Waals surface area contributed by atoms with Gasteiger partial charge in [-0.25, -0.2) is 15.6 Å². The van der Waals surface area contributed by atoms with Crippen molar-refractivity contribution >= 4 is 6.09 Å². The van der Waals surface area contributed by atoms with Crippen LogP contribution < -0.4 is 5.84 Å². The van der Waals surface area contributed by atoms with Gasteiger partial charge in [-0.3, -0.25) is 0 Å². The molecule has 2 N–H and O–H groups in total. The maximum Gasteiger partial charge on any atom is 0.425 e. The number of hydrogen-bond donors (Lipinski definition) is 1. The molecule has 3 rings (SSSR count). The zero-order chi connectivity index (χ0) is 10.1. The highest BCUT2D eigenvalue weighted by molar-refractivity contribution is 5.72. The number of hydrogen-bond acceptors (Lipinski definition) is 3. The van der Waals surface area contributed by atoms with Gasteiger partial charge in [-0.05, 0) is 30.6 Å². The highest BCUT2D eigenvalue weighted by atomic mass is 16.6. The molecule has 1 aliphatic heterocycles. The summed E-state index contributed by atoms with van der Waals surface area (Å²) in [6, 6.07) is 0. The molecule has 3 aliphatic rings. The fourth-order valence-corrected chi connectivity index (χ4v) is 3.95. The second-order valence-electron chi connectivity index (χ2n) is 5.36. The van der Waals surface area contributed by atoms with Gasteiger partial charge in [0.15, 0.2) is 0 Å². The molecule has 3 unspecified atom stereocenters. The predicted molar refractivity (Wildman–Crippen MR) is 50.1 cm³/mol. The Kier molecular flexibility index (Phi) is 1.27. The number of ether oxygens (including phenoxy) is 1. The molecule has 0 aromatic carbocycles. The molecule has 1 amide bonds. The zero-order valence-electron chi connectivity index (χ0n) is 8.62. The van der Waals surface area contributed by atoms with Crippen molar-refractivity contribution < 1.29 is 9.53 Å². The SMILES string of the molecule is CC1(C)C2CCC13C(C2)OC(=O)N3N. The Morgan fingerprint density at radius 3 is 2.86 bits per heavy atom.